The highest BCUT2D eigenvalue weighted by atomic mass is 32.2. The lowest BCUT2D eigenvalue weighted by Gasteiger charge is -2.13. The van der Waals surface area contributed by atoms with Gasteiger partial charge < -0.3 is 5.11 Å². The largest absolute Gasteiger partial charge is 0.481 e. The minimum absolute atomic E-state index is 0.0123. The first-order valence-electron chi connectivity index (χ1n) is 5.67. The Morgan fingerprint density at radius 3 is 2.74 bits per heavy atom. The Morgan fingerprint density at radius 1 is 1.53 bits per heavy atom. The molecule has 0 spiro atoms. The predicted molar refractivity (Wildman–Crippen MR) is 65.4 cm³/mol. The van der Waals surface area contributed by atoms with Crippen LogP contribution in [0.4, 0.5) is 4.39 Å². The molecule has 8 heteroatoms. The van der Waals surface area contributed by atoms with Crippen LogP contribution in [0.15, 0.2) is 23.4 Å². The zero-order valence-electron chi connectivity index (χ0n) is 10.3. The van der Waals surface area contributed by atoms with Crippen LogP contribution in [0.5, 0.6) is 0 Å². The van der Waals surface area contributed by atoms with Gasteiger partial charge in [-0.1, -0.05) is 13.3 Å². The number of pyridine rings is 1. The number of nitrogens with one attached hydrogen (secondary N) is 1. The summed E-state index contributed by atoms with van der Waals surface area (Å²) in [6.07, 6.45) is 2.33. The first kappa shape index (κ1) is 15.5. The van der Waals surface area contributed by atoms with Crippen molar-refractivity contribution >= 4 is 16.0 Å². The first-order chi connectivity index (χ1) is 8.85. The van der Waals surface area contributed by atoms with E-state index in [-0.39, 0.29) is 23.8 Å². The fourth-order valence-corrected chi connectivity index (χ4v) is 2.55. The van der Waals surface area contributed by atoms with Gasteiger partial charge >= 0.3 is 5.97 Å². The average Bonchev–Trinajstić information content (AvgIpc) is 2.34. The molecular formula is C11H15FN2O4S. The maximum Gasteiger partial charge on any atom is 0.303 e. The summed E-state index contributed by atoms with van der Waals surface area (Å²) in [5, 5.41) is 8.66. The van der Waals surface area contributed by atoms with Gasteiger partial charge in [-0.15, -0.1) is 0 Å². The second kappa shape index (κ2) is 6.58. The average molecular weight is 290 g/mol. The summed E-state index contributed by atoms with van der Waals surface area (Å²) in [6.45, 7) is 1.76. The van der Waals surface area contributed by atoms with Gasteiger partial charge in [0.1, 0.15) is 10.7 Å². The van der Waals surface area contributed by atoms with Gasteiger partial charge in [-0.25, -0.2) is 17.5 Å². The zero-order chi connectivity index (χ0) is 14.5. The molecule has 19 heavy (non-hydrogen) atoms. The molecule has 0 fully saturated rings. The number of sulfonamides is 1. The number of halogens is 1. The normalized spacial score (nSPS) is 13.2. The second-order valence-corrected chi connectivity index (χ2v) is 5.83. The second-order valence-electron chi connectivity index (χ2n) is 4.06. The number of carboxylic acid groups (broad SMARTS) is 1. The fourth-order valence-electron chi connectivity index (χ4n) is 1.46. The lowest BCUT2D eigenvalue weighted by atomic mass is 10.0. The molecule has 0 aliphatic carbocycles. The number of carbonyl (C=O) groups is 1. The molecule has 1 rings (SSSR count). The lowest BCUT2D eigenvalue weighted by molar-refractivity contribution is -0.138. The van der Waals surface area contributed by atoms with Crippen molar-refractivity contribution in [1.29, 1.82) is 0 Å². The maximum absolute atomic E-state index is 12.9. The molecule has 0 saturated carbocycles. The molecule has 0 aliphatic heterocycles. The van der Waals surface area contributed by atoms with Crippen molar-refractivity contribution in [2.24, 2.45) is 5.92 Å². The summed E-state index contributed by atoms with van der Waals surface area (Å²) in [6, 6.07) is 0.855. The van der Waals surface area contributed by atoms with Gasteiger partial charge in [-0.3, -0.25) is 9.78 Å². The minimum atomic E-state index is -3.87. The van der Waals surface area contributed by atoms with E-state index in [0.717, 1.165) is 18.5 Å². The van der Waals surface area contributed by atoms with Crippen molar-refractivity contribution in [2.75, 3.05) is 6.54 Å². The number of aliphatic carboxylic acids is 1. The van der Waals surface area contributed by atoms with E-state index in [4.69, 9.17) is 5.11 Å². The van der Waals surface area contributed by atoms with E-state index >= 15 is 0 Å². The monoisotopic (exact) mass is 290 g/mol. The third kappa shape index (κ3) is 4.92. The molecule has 1 atom stereocenters. The van der Waals surface area contributed by atoms with Gasteiger partial charge in [-0.2, -0.15) is 0 Å². The van der Waals surface area contributed by atoms with E-state index in [1.165, 1.54) is 0 Å². The summed E-state index contributed by atoms with van der Waals surface area (Å²) < 4.78 is 38.8. The molecule has 0 amide bonds. The number of carboxylic acids is 1. The van der Waals surface area contributed by atoms with E-state index in [1.807, 2.05) is 0 Å². The molecular weight excluding hydrogens is 275 g/mol. The maximum atomic E-state index is 12.9. The smallest absolute Gasteiger partial charge is 0.303 e. The Balaban J connectivity index is 2.72. The third-order valence-electron chi connectivity index (χ3n) is 2.59. The molecule has 1 unspecified atom stereocenters. The van der Waals surface area contributed by atoms with E-state index in [9.17, 15) is 17.6 Å². The van der Waals surface area contributed by atoms with Crippen LogP contribution in [-0.2, 0) is 14.8 Å². The minimum Gasteiger partial charge on any atom is -0.481 e. The van der Waals surface area contributed by atoms with Crippen LogP contribution in [0, 0.1) is 11.7 Å². The summed E-state index contributed by atoms with van der Waals surface area (Å²) in [7, 11) is -3.87. The van der Waals surface area contributed by atoms with Crippen molar-refractivity contribution in [1.82, 2.24) is 9.71 Å². The molecule has 0 aliphatic rings. The van der Waals surface area contributed by atoms with Crippen molar-refractivity contribution in [2.45, 2.75) is 24.7 Å². The van der Waals surface area contributed by atoms with Gasteiger partial charge in [0.25, 0.3) is 0 Å². The van der Waals surface area contributed by atoms with Crippen LogP contribution in [0.2, 0.25) is 0 Å². The van der Waals surface area contributed by atoms with Crippen LogP contribution in [0.25, 0.3) is 0 Å². The Labute approximate surface area is 110 Å². The number of hydrogen-bond donors (Lipinski definition) is 2. The molecule has 6 nitrogen and oxygen atoms in total. The topological polar surface area (TPSA) is 96.4 Å². The quantitative estimate of drug-likeness (QED) is 0.781. The highest BCUT2D eigenvalue weighted by Gasteiger charge is 2.18. The molecule has 106 valence electrons. The van der Waals surface area contributed by atoms with Crippen molar-refractivity contribution < 1.29 is 22.7 Å². The zero-order valence-corrected chi connectivity index (χ0v) is 11.2. The van der Waals surface area contributed by atoms with E-state index < -0.39 is 21.8 Å². The van der Waals surface area contributed by atoms with Crippen molar-refractivity contribution in [3.63, 3.8) is 0 Å². The molecule has 2 N–H and O–H groups in total. The molecule has 0 saturated heterocycles. The van der Waals surface area contributed by atoms with Gasteiger partial charge in [-0.05, 0) is 12.0 Å². The predicted octanol–water partition coefficient (Wildman–Crippen LogP) is 1.000. The van der Waals surface area contributed by atoms with Crippen molar-refractivity contribution in [3.05, 3.63) is 24.3 Å². The molecule has 0 radical (unpaired) electrons. The van der Waals surface area contributed by atoms with Gasteiger partial charge in [0.2, 0.25) is 10.0 Å². The third-order valence-corrected chi connectivity index (χ3v) is 3.98. The number of aromatic nitrogens is 1. The fraction of sp³-hybridized carbons (Fsp3) is 0.455. The number of nitrogens with zero attached hydrogens (tertiary/aromatic N) is 1. The SMILES string of the molecule is CCC(CNS(=O)(=O)c1cncc(F)c1)CC(=O)O. The molecule has 1 heterocycles. The Bertz CT molecular complexity index is 547. The number of hydrogen-bond acceptors (Lipinski definition) is 4. The first-order valence-corrected chi connectivity index (χ1v) is 7.15. The molecule has 1 aromatic rings. The summed E-state index contributed by atoms with van der Waals surface area (Å²) >= 11 is 0. The van der Waals surface area contributed by atoms with Crippen molar-refractivity contribution in [3.8, 4) is 0 Å². The van der Waals surface area contributed by atoms with E-state index in [1.54, 1.807) is 6.92 Å². The van der Waals surface area contributed by atoms with Gasteiger partial charge in [0.15, 0.2) is 0 Å². The van der Waals surface area contributed by atoms with Crippen LogP contribution >= 0.6 is 0 Å². The Morgan fingerprint density at radius 2 is 2.21 bits per heavy atom. The van der Waals surface area contributed by atoms with Crippen LogP contribution < -0.4 is 4.72 Å². The van der Waals surface area contributed by atoms with Gasteiger partial charge in [0, 0.05) is 19.2 Å². The standard InChI is InChI=1S/C11H15FN2O4S/c1-2-8(3-11(15)16)5-14-19(17,18)10-4-9(12)6-13-7-10/h4,6-8,14H,2-3,5H2,1H3,(H,15,16). The summed E-state index contributed by atoms with van der Waals surface area (Å²) in [4.78, 5) is 13.7. The molecule has 1 aromatic heterocycles. The Kier molecular flexibility index (Phi) is 5.37. The number of rotatable bonds is 7. The van der Waals surface area contributed by atoms with Crippen LogP contribution in [0.3, 0.4) is 0 Å². The van der Waals surface area contributed by atoms with E-state index in [2.05, 4.69) is 9.71 Å². The van der Waals surface area contributed by atoms with Crippen LogP contribution in [0.1, 0.15) is 19.8 Å². The van der Waals surface area contributed by atoms with Crippen LogP contribution in [-0.4, -0.2) is 31.0 Å². The molecule has 0 bridgehead atoms. The highest BCUT2D eigenvalue weighted by molar-refractivity contribution is 7.89. The van der Waals surface area contributed by atoms with Gasteiger partial charge in [0.05, 0.1) is 6.20 Å². The molecule has 0 aromatic carbocycles. The lowest BCUT2D eigenvalue weighted by Crippen LogP contribution is -2.30. The summed E-state index contributed by atoms with van der Waals surface area (Å²) in [5.74, 6) is -2.05. The van der Waals surface area contributed by atoms with E-state index in [0.29, 0.717) is 6.42 Å². The summed E-state index contributed by atoms with van der Waals surface area (Å²) in [5.41, 5.74) is 0. The highest BCUT2D eigenvalue weighted by Crippen LogP contribution is 2.11. The Hall–Kier alpha value is -1.54.